The molecule has 1 aliphatic carbocycles. The van der Waals surface area contributed by atoms with Crippen LogP contribution in [0.4, 0.5) is 0 Å². The zero-order valence-electron chi connectivity index (χ0n) is 10.4. The van der Waals surface area contributed by atoms with E-state index in [0.29, 0.717) is 0 Å². The molecule has 3 fully saturated rings. The Morgan fingerprint density at radius 1 is 1.18 bits per heavy atom. The fourth-order valence-corrected chi connectivity index (χ4v) is 3.36. The summed E-state index contributed by atoms with van der Waals surface area (Å²) in [6.45, 7) is 3.44. The highest BCUT2D eigenvalue weighted by Crippen LogP contribution is 2.33. The van der Waals surface area contributed by atoms with Crippen molar-refractivity contribution in [1.29, 1.82) is 0 Å². The molecule has 1 aromatic rings. The number of piperidine rings is 2. The molecule has 0 amide bonds. The van der Waals surface area contributed by atoms with Gasteiger partial charge in [0, 0.05) is 12.6 Å². The molecule has 0 radical (unpaired) electrons. The summed E-state index contributed by atoms with van der Waals surface area (Å²) in [6.07, 6.45) is 4.27. The van der Waals surface area contributed by atoms with Crippen molar-refractivity contribution in [1.82, 2.24) is 10.6 Å². The van der Waals surface area contributed by atoms with E-state index in [0.717, 1.165) is 24.4 Å². The Morgan fingerprint density at radius 3 is 2.71 bits per heavy atom. The van der Waals surface area contributed by atoms with Gasteiger partial charge in [0.1, 0.15) is 0 Å². The maximum absolute atomic E-state index is 3.68. The largest absolute Gasteiger partial charge is 0.313 e. The molecule has 1 saturated carbocycles. The molecule has 4 rings (SSSR count). The molecule has 3 aliphatic rings. The number of hydrogen-bond donors (Lipinski definition) is 2. The number of fused-ring (bicyclic) bond motifs is 3. The number of rotatable bonds is 4. The van der Waals surface area contributed by atoms with E-state index in [1.807, 2.05) is 0 Å². The van der Waals surface area contributed by atoms with Crippen LogP contribution in [0.1, 0.15) is 24.8 Å². The maximum atomic E-state index is 3.68. The third-order valence-electron chi connectivity index (χ3n) is 4.34. The predicted molar refractivity (Wildman–Crippen MR) is 70.8 cm³/mol. The lowest BCUT2D eigenvalue weighted by atomic mass is 9.74. The van der Waals surface area contributed by atoms with Crippen LogP contribution in [0.2, 0.25) is 0 Å². The van der Waals surface area contributed by atoms with Crippen molar-refractivity contribution < 1.29 is 0 Å². The van der Waals surface area contributed by atoms with Crippen molar-refractivity contribution in [2.75, 3.05) is 13.1 Å². The molecule has 2 N–H and O–H groups in total. The molecule has 2 heterocycles. The summed E-state index contributed by atoms with van der Waals surface area (Å²) in [4.78, 5) is 0. The molecule has 2 saturated heterocycles. The van der Waals surface area contributed by atoms with Crippen molar-refractivity contribution in [3.63, 3.8) is 0 Å². The van der Waals surface area contributed by atoms with E-state index < -0.39 is 0 Å². The number of hydrogen-bond acceptors (Lipinski definition) is 2. The minimum Gasteiger partial charge on any atom is -0.313 e. The van der Waals surface area contributed by atoms with Gasteiger partial charge in [-0.1, -0.05) is 30.3 Å². The van der Waals surface area contributed by atoms with Gasteiger partial charge in [-0.2, -0.15) is 0 Å². The first kappa shape index (κ1) is 11.2. The standard InChI is InChI=1S/C15H22N2/c1-2-4-12(5-3-1)9-16-11-14-8-13-6-7-15(14)17-10-13/h1-5,13-17H,6-11H2. The molecule has 3 atom stereocenters. The van der Waals surface area contributed by atoms with Crippen LogP contribution in [0.15, 0.2) is 30.3 Å². The second kappa shape index (κ2) is 5.19. The Bertz CT molecular complexity index is 341. The minimum absolute atomic E-state index is 0.781. The summed E-state index contributed by atoms with van der Waals surface area (Å²) >= 11 is 0. The highest BCUT2D eigenvalue weighted by atomic mass is 15.0. The Labute approximate surface area is 104 Å². The molecule has 2 heteroatoms. The average Bonchev–Trinajstić information content (AvgIpc) is 2.41. The molecule has 0 aromatic heterocycles. The van der Waals surface area contributed by atoms with Crippen LogP contribution in [0.25, 0.3) is 0 Å². The van der Waals surface area contributed by atoms with Crippen LogP contribution in [-0.4, -0.2) is 19.1 Å². The van der Waals surface area contributed by atoms with Crippen LogP contribution in [0.5, 0.6) is 0 Å². The van der Waals surface area contributed by atoms with Crippen molar-refractivity contribution in [3.8, 4) is 0 Å². The van der Waals surface area contributed by atoms with Gasteiger partial charge >= 0.3 is 0 Å². The van der Waals surface area contributed by atoms with Gasteiger partial charge in [-0.25, -0.2) is 0 Å². The molecule has 2 bridgehead atoms. The van der Waals surface area contributed by atoms with Gasteiger partial charge in [0.2, 0.25) is 0 Å². The zero-order chi connectivity index (χ0) is 11.5. The second-order valence-corrected chi connectivity index (χ2v) is 5.57. The lowest BCUT2D eigenvalue weighted by Gasteiger charge is -2.43. The smallest absolute Gasteiger partial charge is 0.0205 e. The summed E-state index contributed by atoms with van der Waals surface area (Å²) in [5.74, 6) is 1.80. The average molecular weight is 230 g/mol. The second-order valence-electron chi connectivity index (χ2n) is 5.57. The summed E-state index contributed by atoms with van der Waals surface area (Å²) in [7, 11) is 0. The van der Waals surface area contributed by atoms with Gasteiger partial charge in [0.05, 0.1) is 0 Å². The Balaban J connectivity index is 1.46. The van der Waals surface area contributed by atoms with Crippen LogP contribution in [-0.2, 0) is 6.54 Å². The summed E-state index contributed by atoms with van der Waals surface area (Å²) < 4.78 is 0. The molecule has 2 nitrogen and oxygen atoms in total. The van der Waals surface area contributed by atoms with Gasteiger partial charge in [-0.05, 0) is 49.8 Å². The van der Waals surface area contributed by atoms with Crippen LogP contribution >= 0.6 is 0 Å². The van der Waals surface area contributed by atoms with Gasteiger partial charge in [0.15, 0.2) is 0 Å². The van der Waals surface area contributed by atoms with Gasteiger partial charge in [0.25, 0.3) is 0 Å². The summed E-state index contributed by atoms with van der Waals surface area (Å²) in [5.41, 5.74) is 1.39. The Morgan fingerprint density at radius 2 is 2.06 bits per heavy atom. The van der Waals surface area contributed by atoms with Crippen molar-refractivity contribution in [3.05, 3.63) is 35.9 Å². The van der Waals surface area contributed by atoms with E-state index >= 15 is 0 Å². The monoisotopic (exact) mass is 230 g/mol. The van der Waals surface area contributed by atoms with Crippen LogP contribution in [0, 0.1) is 11.8 Å². The highest BCUT2D eigenvalue weighted by molar-refractivity contribution is 5.14. The zero-order valence-corrected chi connectivity index (χ0v) is 10.4. The fourth-order valence-electron chi connectivity index (χ4n) is 3.36. The van der Waals surface area contributed by atoms with E-state index in [1.54, 1.807) is 0 Å². The van der Waals surface area contributed by atoms with Crippen molar-refractivity contribution in [2.24, 2.45) is 11.8 Å². The fraction of sp³-hybridized carbons (Fsp3) is 0.600. The van der Waals surface area contributed by atoms with E-state index in [1.165, 1.54) is 37.9 Å². The molecule has 1 aromatic carbocycles. The number of nitrogens with one attached hydrogen (secondary N) is 2. The minimum atomic E-state index is 0.781. The predicted octanol–water partition coefficient (Wildman–Crippen LogP) is 2.16. The molecule has 2 aliphatic heterocycles. The summed E-state index contributed by atoms with van der Waals surface area (Å²) in [5, 5.41) is 7.29. The van der Waals surface area contributed by atoms with E-state index in [-0.39, 0.29) is 0 Å². The first-order valence-corrected chi connectivity index (χ1v) is 6.90. The van der Waals surface area contributed by atoms with Gasteiger partial charge < -0.3 is 10.6 Å². The van der Waals surface area contributed by atoms with Crippen molar-refractivity contribution >= 4 is 0 Å². The lowest BCUT2D eigenvalue weighted by Crippen LogP contribution is -2.52. The molecule has 0 spiro atoms. The molecular weight excluding hydrogens is 208 g/mol. The molecule has 92 valence electrons. The molecule has 17 heavy (non-hydrogen) atoms. The van der Waals surface area contributed by atoms with Crippen LogP contribution < -0.4 is 10.6 Å². The van der Waals surface area contributed by atoms with E-state index in [4.69, 9.17) is 0 Å². The third-order valence-corrected chi connectivity index (χ3v) is 4.34. The quantitative estimate of drug-likeness (QED) is 0.828. The number of benzene rings is 1. The first-order chi connectivity index (χ1) is 8.42. The maximum Gasteiger partial charge on any atom is 0.0205 e. The van der Waals surface area contributed by atoms with Gasteiger partial charge in [-0.15, -0.1) is 0 Å². The SMILES string of the molecule is c1ccc(CNCC2CC3CCC2NC3)cc1. The first-order valence-electron chi connectivity index (χ1n) is 6.90. The molecular formula is C15H22N2. The van der Waals surface area contributed by atoms with E-state index in [9.17, 15) is 0 Å². The normalized spacial score (nSPS) is 31.6. The highest BCUT2D eigenvalue weighted by Gasteiger charge is 2.34. The Hall–Kier alpha value is -0.860. The van der Waals surface area contributed by atoms with Crippen LogP contribution in [0.3, 0.4) is 0 Å². The van der Waals surface area contributed by atoms with Gasteiger partial charge in [-0.3, -0.25) is 0 Å². The lowest BCUT2D eigenvalue weighted by molar-refractivity contribution is 0.136. The Kier molecular flexibility index (Phi) is 3.44. The third kappa shape index (κ3) is 2.70. The summed E-state index contributed by atoms with van der Waals surface area (Å²) in [6, 6.07) is 11.5. The topological polar surface area (TPSA) is 24.1 Å². The van der Waals surface area contributed by atoms with E-state index in [2.05, 4.69) is 41.0 Å². The van der Waals surface area contributed by atoms with Crippen molar-refractivity contribution in [2.45, 2.75) is 31.8 Å². The molecule has 3 unspecified atom stereocenters.